The van der Waals surface area contributed by atoms with Gasteiger partial charge in [0.25, 0.3) is 0 Å². The number of aliphatic hydroxyl groups is 1. The Morgan fingerprint density at radius 1 is 1.19 bits per heavy atom. The van der Waals surface area contributed by atoms with Crippen LogP contribution in [0.4, 0.5) is 5.82 Å². The number of nitrogens with zero attached hydrogens (tertiary/aromatic N) is 2. The minimum absolute atomic E-state index is 0.627. The standard InChI is InChI=1S/C17H20N2O2/c1-13-11-16(19-7-9-21-10-8-19)18-12-15(13)17(20)14-5-3-2-4-6-14/h2-6,11-12,17,20H,7-10H2,1H3/t17-/m0/s1. The molecule has 0 amide bonds. The molecule has 110 valence electrons. The van der Waals surface area contributed by atoms with E-state index in [9.17, 15) is 5.11 Å². The third kappa shape index (κ3) is 3.06. The average molecular weight is 284 g/mol. The van der Waals surface area contributed by atoms with E-state index in [1.165, 1.54) is 0 Å². The first-order valence-electron chi connectivity index (χ1n) is 7.28. The first-order valence-corrected chi connectivity index (χ1v) is 7.28. The van der Waals surface area contributed by atoms with Crippen molar-refractivity contribution in [3.63, 3.8) is 0 Å². The molecule has 2 aromatic rings. The molecule has 0 spiro atoms. The van der Waals surface area contributed by atoms with Crippen molar-refractivity contribution >= 4 is 5.82 Å². The summed E-state index contributed by atoms with van der Waals surface area (Å²) in [5.41, 5.74) is 2.81. The van der Waals surface area contributed by atoms with E-state index in [-0.39, 0.29) is 0 Å². The van der Waals surface area contributed by atoms with E-state index < -0.39 is 6.10 Å². The first kappa shape index (κ1) is 14.0. The molecule has 1 saturated heterocycles. The van der Waals surface area contributed by atoms with E-state index in [1.54, 1.807) is 6.20 Å². The second kappa shape index (κ2) is 6.24. The summed E-state index contributed by atoms with van der Waals surface area (Å²) in [5, 5.41) is 10.5. The molecule has 0 unspecified atom stereocenters. The van der Waals surface area contributed by atoms with Gasteiger partial charge < -0.3 is 14.7 Å². The molecule has 1 aliphatic rings. The lowest BCUT2D eigenvalue weighted by Crippen LogP contribution is -2.36. The summed E-state index contributed by atoms with van der Waals surface area (Å²) in [4.78, 5) is 6.74. The van der Waals surface area contributed by atoms with Crippen LogP contribution in [0.3, 0.4) is 0 Å². The predicted molar refractivity (Wildman–Crippen MR) is 82.5 cm³/mol. The van der Waals surface area contributed by atoms with Gasteiger partial charge in [-0.25, -0.2) is 4.98 Å². The van der Waals surface area contributed by atoms with Gasteiger partial charge in [-0.3, -0.25) is 0 Å². The normalized spacial score (nSPS) is 16.8. The average Bonchev–Trinajstić information content (AvgIpc) is 2.56. The maximum absolute atomic E-state index is 10.5. The van der Waals surface area contributed by atoms with Crippen molar-refractivity contribution in [2.24, 2.45) is 0 Å². The molecule has 1 fully saturated rings. The number of hydrogen-bond donors (Lipinski definition) is 1. The summed E-state index contributed by atoms with van der Waals surface area (Å²) in [7, 11) is 0. The van der Waals surface area contributed by atoms with Gasteiger partial charge in [-0.2, -0.15) is 0 Å². The Bertz CT molecular complexity index is 595. The third-order valence-corrected chi connectivity index (χ3v) is 3.88. The van der Waals surface area contributed by atoms with Crippen molar-refractivity contribution in [1.29, 1.82) is 0 Å². The molecule has 2 heterocycles. The predicted octanol–water partition coefficient (Wildman–Crippen LogP) is 2.31. The molecule has 4 heteroatoms. The SMILES string of the molecule is Cc1cc(N2CCOCC2)ncc1[C@@H](O)c1ccccc1. The molecule has 4 nitrogen and oxygen atoms in total. The zero-order chi connectivity index (χ0) is 14.7. The fraction of sp³-hybridized carbons (Fsp3) is 0.353. The van der Waals surface area contributed by atoms with E-state index in [1.807, 2.05) is 43.3 Å². The monoisotopic (exact) mass is 284 g/mol. The smallest absolute Gasteiger partial charge is 0.128 e. The molecule has 0 saturated carbocycles. The van der Waals surface area contributed by atoms with Gasteiger partial charge in [-0.1, -0.05) is 30.3 Å². The number of benzene rings is 1. The highest BCUT2D eigenvalue weighted by Crippen LogP contribution is 2.26. The molecular formula is C17H20N2O2. The Hall–Kier alpha value is -1.91. The maximum Gasteiger partial charge on any atom is 0.128 e. The van der Waals surface area contributed by atoms with E-state index >= 15 is 0 Å². The van der Waals surface area contributed by atoms with Gasteiger partial charge >= 0.3 is 0 Å². The second-order valence-electron chi connectivity index (χ2n) is 5.31. The molecule has 1 aliphatic heterocycles. The summed E-state index contributed by atoms with van der Waals surface area (Å²) in [6.07, 6.45) is 1.16. The van der Waals surface area contributed by atoms with Crippen LogP contribution in [0.15, 0.2) is 42.6 Å². The van der Waals surface area contributed by atoms with Crippen molar-refractivity contribution in [3.8, 4) is 0 Å². The van der Waals surface area contributed by atoms with Gasteiger partial charge in [0.05, 0.1) is 13.2 Å². The van der Waals surface area contributed by atoms with Gasteiger partial charge in [0, 0.05) is 24.8 Å². The van der Waals surface area contributed by atoms with Gasteiger partial charge in [0.2, 0.25) is 0 Å². The Morgan fingerprint density at radius 3 is 2.57 bits per heavy atom. The number of morpholine rings is 1. The highest BCUT2D eigenvalue weighted by Gasteiger charge is 2.17. The van der Waals surface area contributed by atoms with Crippen LogP contribution in [0.25, 0.3) is 0 Å². The van der Waals surface area contributed by atoms with Crippen LogP contribution < -0.4 is 4.90 Å². The summed E-state index contributed by atoms with van der Waals surface area (Å²) < 4.78 is 5.36. The van der Waals surface area contributed by atoms with E-state index in [0.717, 1.165) is 48.8 Å². The fourth-order valence-electron chi connectivity index (χ4n) is 2.62. The van der Waals surface area contributed by atoms with Gasteiger partial charge in [-0.15, -0.1) is 0 Å². The summed E-state index contributed by atoms with van der Waals surface area (Å²) in [6.45, 7) is 5.25. The molecule has 0 radical (unpaired) electrons. The number of aliphatic hydroxyl groups excluding tert-OH is 1. The minimum Gasteiger partial charge on any atom is -0.384 e. The molecule has 1 atom stereocenters. The number of rotatable bonds is 3. The lowest BCUT2D eigenvalue weighted by atomic mass is 9.99. The Balaban J connectivity index is 1.84. The summed E-state index contributed by atoms with van der Waals surface area (Å²) >= 11 is 0. The quantitative estimate of drug-likeness (QED) is 0.939. The van der Waals surface area contributed by atoms with Crippen LogP contribution in [0.5, 0.6) is 0 Å². The number of aryl methyl sites for hydroxylation is 1. The third-order valence-electron chi connectivity index (χ3n) is 3.88. The number of hydrogen-bond acceptors (Lipinski definition) is 4. The highest BCUT2D eigenvalue weighted by atomic mass is 16.5. The van der Waals surface area contributed by atoms with Crippen molar-refractivity contribution in [3.05, 3.63) is 59.3 Å². The fourth-order valence-corrected chi connectivity index (χ4v) is 2.62. The Kier molecular flexibility index (Phi) is 4.18. The van der Waals surface area contributed by atoms with Crippen LogP contribution >= 0.6 is 0 Å². The van der Waals surface area contributed by atoms with Crippen LogP contribution in [-0.2, 0) is 4.74 Å². The second-order valence-corrected chi connectivity index (χ2v) is 5.31. The van der Waals surface area contributed by atoms with Gasteiger partial charge in [0.15, 0.2) is 0 Å². The van der Waals surface area contributed by atoms with Crippen LogP contribution in [-0.4, -0.2) is 36.4 Å². The number of pyridine rings is 1. The molecule has 0 bridgehead atoms. The van der Waals surface area contributed by atoms with Crippen LogP contribution in [0, 0.1) is 6.92 Å². The Morgan fingerprint density at radius 2 is 1.90 bits per heavy atom. The maximum atomic E-state index is 10.5. The van der Waals surface area contributed by atoms with Crippen molar-refractivity contribution < 1.29 is 9.84 Å². The van der Waals surface area contributed by atoms with Gasteiger partial charge in [-0.05, 0) is 24.1 Å². The zero-order valence-electron chi connectivity index (χ0n) is 12.2. The summed E-state index contributed by atoms with van der Waals surface area (Å²) in [6, 6.07) is 11.7. The van der Waals surface area contributed by atoms with Crippen molar-refractivity contribution in [1.82, 2.24) is 4.98 Å². The number of ether oxygens (including phenoxy) is 1. The lowest BCUT2D eigenvalue weighted by Gasteiger charge is -2.28. The number of anilines is 1. The van der Waals surface area contributed by atoms with Crippen LogP contribution in [0.1, 0.15) is 22.8 Å². The van der Waals surface area contributed by atoms with Gasteiger partial charge in [0.1, 0.15) is 11.9 Å². The Labute approximate surface area is 125 Å². The largest absolute Gasteiger partial charge is 0.384 e. The molecule has 3 rings (SSSR count). The topological polar surface area (TPSA) is 45.6 Å². The molecule has 1 aromatic heterocycles. The minimum atomic E-state index is -0.627. The van der Waals surface area contributed by atoms with E-state index in [0.29, 0.717) is 0 Å². The highest BCUT2D eigenvalue weighted by molar-refractivity contribution is 5.45. The molecular weight excluding hydrogens is 264 g/mol. The van der Waals surface area contributed by atoms with E-state index in [4.69, 9.17) is 4.74 Å². The summed E-state index contributed by atoms with van der Waals surface area (Å²) in [5.74, 6) is 0.958. The van der Waals surface area contributed by atoms with Crippen molar-refractivity contribution in [2.75, 3.05) is 31.2 Å². The van der Waals surface area contributed by atoms with Crippen LogP contribution in [0.2, 0.25) is 0 Å². The zero-order valence-corrected chi connectivity index (χ0v) is 12.2. The lowest BCUT2D eigenvalue weighted by molar-refractivity contribution is 0.122. The van der Waals surface area contributed by atoms with Crippen molar-refractivity contribution in [2.45, 2.75) is 13.0 Å². The molecule has 21 heavy (non-hydrogen) atoms. The molecule has 1 aromatic carbocycles. The first-order chi connectivity index (χ1) is 10.3. The molecule has 1 N–H and O–H groups in total. The number of aromatic nitrogens is 1. The molecule has 0 aliphatic carbocycles. The van der Waals surface area contributed by atoms with E-state index in [2.05, 4.69) is 9.88 Å².